The molecule has 0 radical (unpaired) electrons. The number of phenolic OH excluding ortho intramolecular Hbond substituents is 1. The molecule has 0 unspecified atom stereocenters. The van der Waals surface area contributed by atoms with E-state index in [1.807, 2.05) is 12.1 Å². The molecule has 0 spiro atoms. The van der Waals surface area contributed by atoms with Crippen molar-refractivity contribution >= 4 is 0 Å². The Balaban J connectivity index is 1.67. The van der Waals surface area contributed by atoms with Gasteiger partial charge >= 0.3 is 0 Å². The number of benzene rings is 3. The molecule has 0 saturated carbocycles. The van der Waals surface area contributed by atoms with E-state index in [9.17, 15) is 13.9 Å². The van der Waals surface area contributed by atoms with Gasteiger partial charge in [-0.2, -0.15) is 4.39 Å². The molecule has 3 aromatic rings. The maximum atomic E-state index is 14.0. The topological polar surface area (TPSA) is 20.2 Å². The maximum absolute atomic E-state index is 14.0. The standard InChI is InChI=1S/C23H22F2O/c1-2-3-16-4-6-17(7-5-16)8-9-18-10-12-19(13-11-18)20-14-15-21(26)23(25)22(20)24/h4-7,10-15,26H,2-3,8-9H2,1H3. The van der Waals surface area contributed by atoms with Crippen LogP contribution in [0.4, 0.5) is 8.78 Å². The Morgan fingerprint density at radius 3 is 1.69 bits per heavy atom. The summed E-state index contributed by atoms with van der Waals surface area (Å²) in [5, 5.41) is 9.23. The zero-order chi connectivity index (χ0) is 18.5. The smallest absolute Gasteiger partial charge is 0.200 e. The second-order valence-corrected chi connectivity index (χ2v) is 6.52. The quantitative estimate of drug-likeness (QED) is 0.570. The van der Waals surface area contributed by atoms with E-state index in [4.69, 9.17) is 0 Å². The van der Waals surface area contributed by atoms with Gasteiger partial charge in [0.25, 0.3) is 0 Å². The number of phenols is 1. The first-order valence-electron chi connectivity index (χ1n) is 8.92. The van der Waals surface area contributed by atoms with E-state index < -0.39 is 17.4 Å². The third-order valence-electron chi connectivity index (χ3n) is 4.59. The molecule has 134 valence electrons. The lowest BCUT2D eigenvalue weighted by molar-refractivity contribution is 0.408. The van der Waals surface area contributed by atoms with Gasteiger partial charge < -0.3 is 5.11 Å². The molecule has 0 heterocycles. The molecule has 0 fully saturated rings. The van der Waals surface area contributed by atoms with Crippen molar-refractivity contribution in [2.24, 2.45) is 0 Å². The molecule has 0 saturated heterocycles. The molecule has 0 aliphatic heterocycles. The Hall–Kier alpha value is -2.68. The number of hydrogen-bond donors (Lipinski definition) is 1. The molecule has 0 atom stereocenters. The monoisotopic (exact) mass is 352 g/mol. The fraction of sp³-hybridized carbons (Fsp3) is 0.217. The average Bonchev–Trinajstić information content (AvgIpc) is 2.67. The maximum Gasteiger partial charge on any atom is 0.200 e. The van der Waals surface area contributed by atoms with Crippen molar-refractivity contribution in [1.82, 2.24) is 0 Å². The van der Waals surface area contributed by atoms with Crippen LogP contribution in [-0.4, -0.2) is 5.11 Å². The summed E-state index contributed by atoms with van der Waals surface area (Å²) in [6.07, 6.45) is 4.08. The van der Waals surface area contributed by atoms with Gasteiger partial charge in [-0.15, -0.1) is 0 Å². The van der Waals surface area contributed by atoms with Crippen molar-refractivity contribution in [2.75, 3.05) is 0 Å². The minimum Gasteiger partial charge on any atom is -0.505 e. The number of aryl methyl sites for hydroxylation is 3. The molecule has 3 heteroatoms. The summed E-state index contributed by atoms with van der Waals surface area (Å²) < 4.78 is 27.5. The third kappa shape index (κ3) is 4.10. The number of rotatable bonds is 6. The molecule has 3 aromatic carbocycles. The second-order valence-electron chi connectivity index (χ2n) is 6.52. The molecular weight excluding hydrogens is 330 g/mol. The lowest BCUT2D eigenvalue weighted by atomic mass is 9.99. The number of aromatic hydroxyl groups is 1. The van der Waals surface area contributed by atoms with E-state index in [1.165, 1.54) is 23.3 Å². The van der Waals surface area contributed by atoms with Crippen LogP contribution in [0.15, 0.2) is 60.7 Å². The molecule has 0 aliphatic rings. The van der Waals surface area contributed by atoms with Crippen molar-refractivity contribution in [1.29, 1.82) is 0 Å². The van der Waals surface area contributed by atoms with E-state index in [0.717, 1.165) is 31.2 Å². The summed E-state index contributed by atoms with van der Waals surface area (Å²) in [5.74, 6) is -2.91. The molecule has 1 nitrogen and oxygen atoms in total. The highest BCUT2D eigenvalue weighted by Crippen LogP contribution is 2.29. The van der Waals surface area contributed by atoms with Gasteiger partial charge in [0.15, 0.2) is 11.6 Å². The first kappa shape index (κ1) is 18.1. The van der Waals surface area contributed by atoms with Crippen molar-refractivity contribution in [2.45, 2.75) is 32.6 Å². The summed E-state index contributed by atoms with van der Waals surface area (Å²) in [6.45, 7) is 2.18. The van der Waals surface area contributed by atoms with Gasteiger partial charge in [0.1, 0.15) is 0 Å². The molecule has 0 amide bonds. The zero-order valence-corrected chi connectivity index (χ0v) is 14.8. The third-order valence-corrected chi connectivity index (χ3v) is 4.59. The van der Waals surface area contributed by atoms with Gasteiger partial charge in [-0.25, -0.2) is 4.39 Å². The molecule has 0 aliphatic carbocycles. The van der Waals surface area contributed by atoms with Crippen LogP contribution in [0, 0.1) is 11.6 Å². The Bertz CT molecular complexity index is 868. The molecule has 0 bridgehead atoms. The summed E-state index contributed by atoms with van der Waals surface area (Å²) in [6, 6.07) is 18.7. The number of hydrogen-bond acceptors (Lipinski definition) is 1. The number of halogens is 2. The van der Waals surface area contributed by atoms with E-state index in [2.05, 4.69) is 31.2 Å². The zero-order valence-electron chi connectivity index (χ0n) is 14.8. The molecule has 0 aromatic heterocycles. The van der Waals surface area contributed by atoms with Crippen LogP contribution in [0.5, 0.6) is 5.75 Å². The lowest BCUT2D eigenvalue weighted by Crippen LogP contribution is -1.93. The first-order chi connectivity index (χ1) is 12.6. The van der Waals surface area contributed by atoms with Crippen molar-refractivity contribution in [3.8, 4) is 16.9 Å². The van der Waals surface area contributed by atoms with Crippen molar-refractivity contribution in [3.63, 3.8) is 0 Å². The Kier molecular flexibility index (Phi) is 5.67. The Morgan fingerprint density at radius 1 is 0.654 bits per heavy atom. The van der Waals surface area contributed by atoms with Crippen molar-refractivity contribution < 1.29 is 13.9 Å². The second kappa shape index (κ2) is 8.13. The largest absolute Gasteiger partial charge is 0.505 e. The predicted octanol–water partition coefficient (Wildman–Crippen LogP) is 6.08. The van der Waals surface area contributed by atoms with Crippen LogP contribution in [0.1, 0.15) is 30.0 Å². The van der Waals surface area contributed by atoms with Gasteiger partial charge in [0.05, 0.1) is 0 Å². The normalized spacial score (nSPS) is 10.9. The summed E-state index contributed by atoms with van der Waals surface area (Å²) in [7, 11) is 0. The van der Waals surface area contributed by atoms with E-state index >= 15 is 0 Å². The van der Waals surface area contributed by atoms with E-state index in [0.29, 0.717) is 5.56 Å². The Labute approximate surface area is 152 Å². The van der Waals surface area contributed by atoms with Gasteiger partial charge in [0.2, 0.25) is 5.82 Å². The van der Waals surface area contributed by atoms with E-state index in [1.54, 1.807) is 12.1 Å². The molecule has 26 heavy (non-hydrogen) atoms. The first-order valence-corrected chi connectivity index (χ1v) is 8.92. The van der Waals surface area contributed by atoms with Crippen LogP contribution in [-0.2, 0) is 19.3 Å². The average molecular weight is 352 g/mol. The fourth-order valence-corrected chi connectivity index (χ4v) is 3.06. The van der Waals surface area contributed by atoms with E-state index in [-0.39, 0.29) is 5.56 Å². The van der Waals surface area contributed by atoms with Gasteiger partial charge in [-0.3, -0.25) is 0 Å². The van der Waals surface area contributed by atoms with Gasteiger partial charge in [0, 0.05) is 5.56 Å². The van der Waals surface area contributed by atoms with Crippen molar-refractivity contribution in [3.05, 3.63) is 89.0 Å². The highest BCUT2D eigenvalue weighted by Gasteiger charge is 2.14. The highest BCUT2D eigenvalue weighted by atomic mass is 19.2. The van der Waals surface area contributed by atoms with Gasteiger partial charge in [-0.1, -0.05) is 61.9 Å². The summed E-state index contributed by atoms with van der Waals surface area (Å²) >= 11 is 0. The van der Waals surface area contributed by atoms with Crippen LogP contribution in [0.3, 0.4) is 0 Å². The summed E-state index contributed by atoms with van der Waals surface area (Å²) in [4.78, 5) is 0. The molecular formula is C23H22F2O. The van der Waals surface area contributed by atoms with Crippen LogP contribution >= 0.6 is 0 Å². The minimum atomic E-state index is -1.21. The predicted molar refractivity (Wildman–Crippen MR) is 101 cm³/mol. The summed E-state index contributed by atoms with van der Waals surface area (Å²) in [5.41, 5.74) is 4.54. The fourth-order valence-electron chi connectivity index (χ4n) is 3.06. The Morgan fingerprint density at radius 2 is 1.15 bits per heavy atom. The molecule has 3 rings (SSSR count). The van der Waals surface area contributed by atoms with Crippen LogP contribution < -0.4 is 0 Å². The highest BCUT2D eigenvalue weighted by molar-refractivity contribution is 5.65. The van der Waals surface area contributed by atoms with Crippen LogP contribution in [0.2, 0.25) is 0 Å². The lowest BCUT2D eigenvalue weighted by Gasteiger charge is -2.08. The molecule has 1 N–H and O–H groups in total. The van der Waals surface area contributed by atoms with Crippen LogP contribution in [0.25, 0.3) is 11.1 Å². The minimum absolute atomic E-state index is 0.151. The SMILES string of the molecule is CCCc1ccc(CCc2ccc(-c3ccc(O)c(F)c3F)cc2)cc1. The van der Waals surface area contributed by atoms with Gasteiger partial charge in [-0.05, 0) is 53.6 Å².